The van der Waals surface area contributed by atoms with Crippen molar-refractivity contribution in [3.05, 3.63) is 64.7 Å². The number of ether oxygens (including phenoxy) is 1. The lowest BCUT2D eigenvalue weighted by Gasteiger charge is -2.36. The zero-order valence-corrected chi connectivity index (χ0v) is 18.6. The molecule has 2 amide bonds. The topological polar surface area (TPSA) is 70.2 Å². The Morgan fingerprint density at radius 1 is 0.969 bits per heavy atom. The van der Waals surface area contributed by atoms with Gasteiger partial charge in [-0.05, 0) is 42.3 Å². The summed E-state index contributed by atoms with van der Waals surface area (Å²) in [6, 6.07) is 14.6. The third-order valence-corrected chi connectivity index (χ3v) is 6.10. The largest absolute Gasteiger partial charge is 0.452 e. The molecule has 2 aromatic rings. The van der Waals surface area contributed by atoms with Crippen molar-refractivity contribution in [1.82, 2.24) is 9.80 Å². The molecule has 0 bridgehead atoms. The van der Waals surface area contributed by atoms with Crippen molar-refractivity contribution < 1.29 is 19.1 Å². The number of likely N-dealkylation sites (tertiary alicyclic amines) is 1. The quantitative estimate of drug-likeness (QED) is 0.626. The van der Waals surface area contributed by atoms with Crippen LogP contribution in [0.2, 0.25) is 5.02 Å². The summed E-state index contributed by atoms with van der Waals surface area (Å²) in [5, 5.41) is 0.686. The molecular weight excluding hydrogens is 430 g/mol. The molecule has 2 aliphatic rings. The number of piperazine rings is 1. The Balaban J connectivity index is 1.22. The van der Waals surface area contributed by atoms with Crippen LogP contribution in [0.5, 0.6) is 0 Å². The number of hydrogen-bond donors (Lipinski definition) is 0. The molecule has 2 saturated heterocycles. The van der Waals surface area contributed by atoms with E-state index in [9.17, 15) is 14.4 Å². The van der Waals surface area contributed by atoms with E-state index in [1.165, 1.54) is 0 Å². The Hall–Kier alpha value is -3.06. The van der Waals surface area contributed by atoms with Gasteiger partial charge in [0.05, 0.1) is 5.56 Å². The van der Waals surface area contributed by atoms with Crippen LogP contribution in [0.25, 0.3) is 0 Å². The number of esters is 1. The van der Waals surface area contributed by atoms with Gasteiger partial charge in [0.25, 0.3) is 5.91 Å². The molecule has 2 aliphatic heterocycles. The van der Waals surface area contributed by atoms with Crippen LogP contribution in [0.3, 0.4) is 0 Å². The van der Waals surface area contributed by atoms with E-state index in [1.807, 2.05) is 41.3 Å². The van der Waals surface area contributed by atoms with Crippen molar-refractivity contribution in [3.63, 3.8) is 0 Å². The van der Waals surface area contributed by atoms with Crippen LogP contribution in [-0.2, 0) is 20.9 Å². The van der Waals surface area contributed by atoms with Crippen LogP contribution >= 0.6 is 11.6 Å². The lowest BCUT2D eigenvalue weighted by atomic mass is 10.1. The van der Waals surface area contributed by atoms with E-state index in [1.54, 1.807) is 17.0 Å². The highest BCUT2D eigenvalue weighted by Gasteiger charge is 2.23. The molecule has 8 heteroatoms. The standard InChI is InChI=1S/C24H26ClN3O4/c25-20-3-1-4-21(15-20)26-11-13-27(14-12-26)23(30)17-32-24(31)19-8-6-18(7-9-19)16-28-10-2-5-22(28)29/h1,3-4,6-9,15H,2,5,10-14,16-17H2. The first-order valence-corrected chi connectivity index (χ1v) is 11.2. The lowest BCUT2D eigenvalue weighted by molar-refractivity contribution is -0.134. The molecule has 0 N–H and O–H groups in total. The maximum Gasteiger partial charge on any atom is 0.338 e. The van der Waals surface area contributed by atoms with Crippen LogP contribution in [0.1, 0.15) is 28.8 Å². The monoisotopic (exact) mass is 455 g/mol. The molecule has 2 fully saturated rings. The van der Waals surface area contributed by atoms with E-state index in [2.05, 4.69) is 4.90 Å². The van der Waals surface area contributed by atoms with E-state index in [0.717, 1.165) is 24.2 Å². The Bertz CT molecular complexity index is 987. The fraction of sp³-hybridized carbons (Fsp3) is 0.375. The summed E-state index contributed by atoms with van der Waals surface area (Å²) in [5.74, 6) is -0.562. The molecular formula is C24H26ClN3O4. The van der Waals surface area contributed by atoms with Gasteiger partial charge in [-0.1, -0.05) is 29.8 Å². The second-order valence-electron chi connectivity index (χ2n) is 8.04. The predicted octanol–water partition coefficient (Wildman–Crippen LogP) is 2.97. The summed E-state index contributed by atoms with van der Waals surface area (Å²) in [6.45, 7) is 3.56. The van der Waals surface area contributed by atoms with Crippen LogP contribution in [0.15, 0.2) is 48.5 Å². The van der Waals surface area contributed by atoms with Crippen LogP contribution in [0.4, 0.5) is 5.69 Å². The van der Waals surface area contributed by atoms with Gasteiger partial charge in [-0.3, -0.25) is 9.59 Å². The average Bonchev–Trinajstić information content (AvgIpc) is 3.22. The molecule has 4 rings (SSSR count). The Morgan fingerprint density at radius 3 is 2.38 bits per heavy atom. The van der Waals surface area contributed by atoms with Crippen LogP contribution < -0.4 is 4.90 Å². The number of amides is 2. The Morgan fingerprint density at radius 2 is 1.72 bits per heavy atom. The second kappa shape index (κ2) is 10.0. The zero-order chi connectivity index (χ0) is 22.5. The average molecular weight is 456 g/mol. The van der Waals surface area contributed by atoms with Gasteiger partial charge in [0.15, 0.2) is 6.61 Å². The van der Waals surface area contributed by atoms with E-state index >= 15 is 0 Å². The number of carbonyl (C=O) groups is 3. The van der Waals surface area contributed by atoms with Gasteiger partial charge in [0, 0.05) is 56.4 Å². The zero-order valence-electron chi connectivity index (χ0n) is 17.8. The van der Waals surface area contributed by atoms with Crippen molar-refractivity contribution >= 4 is 35.1 Å². The number of hydrogen-bond acceptors (Lipinski definition) is 5. The van der Waals surface area contributed by atoms with E-state index < -0.39 is 5.97 Å². The van der Waals surface area contributed by atoms with Gasteiger partial charge in [-0.2, -0.15) is 0 Å². The summed E-state index contributed by atoms with van der Waals surface area (Å²) in [7, 11) is 0. The normalized spacial score (nSPS) is 16.4. The van der Waals surface area contributed by atoms with Gasteiger partial charge in [0.1, 0.15) is 0 Å². The Labute approximate surface area is 192 Å². The smallest absolute Gasteiger partial charge is 0.338 e. The van der Waals surface area contributed by atoms with Crippen molar-refractivity contribution in [1.29, 1.82) is 0 Å². The second-order valence-corrected chi connectivity index (χ2v) is 8.48. The number of halogens is 1. The van der Waals surface area contributed by atoms with Crippen LogP contribution in [0, 0.1) is 0 Å². The van der Waals surface area contributed by atoms with Crippen molar-refractivity contribution in [2.24, 2.45) is 0 Å². The highest BCUT2D eigenvalue weighted by Crippen LogP contribution is 2.21. The number of anilines is 1. The molecule has 168 valence electrons. The highest BCUT2D eigenvalue weighted by atomic mass is 35.5. The molecule has 0 atom stereocenters. The molecule has 0 spiro atoms. The minimum Gasteiger partial charge on any atom is -0.452 e. The maximum absolute atomic E-state index is 12.5. The van der Waals surface area contributed by atoms with Gasteiger partial charge in [-0.25, -0.2) is 4.79 Å². The first-order chi connectivity index (χ1) is 15.5. The van der Waals surface area contributed by atoms with Gasteiger partial charge in [-0.15, -0.1) is 0 Å². The predicted molar refractivity (Wildman–Crippen MR) is 122 cm³/mol. The fourth-order valence-electron chi connectivity index (χ4n) is 4.03. The van der Waals surface area contributed by atoms with Crippen molar-refractivity contribution in [2.45, 2.75) is 19.4 Å². The molecule has 2 aromatic carbocycles. The van der Waals surface area contributed by atoms with Crippen molar-refractivity contribution in [3.8, 4) is 0 Å². The number of nitrogens with zero attached hydrogens (tertiary/aromatic N) is 3. The Kier molecular flexibility index (Phi) is 6.95. The SMILES string of the molecule is O=C(OCC(=O)N1CCN(c2cccc(Cl)c2)CC1)c1ccc(CN2CCCC2=O)cc1. The molecule has 0 radical (unpaired) electrons. The molecule has 0 aromatic heterocycles. The first kappa shape index (κ1) is 22.1. The summed E-state index contributed by atoms with van der Waals surface area (Å²) in [6.07, 6.45) is 1.50. The van der Waals surface area contributed by atoms with Gasteiger partial charge < -0.3 is 19.4 Å². The number of carbonyl (C=O) groups excluding carboxylic acids is 3. The molecule has 2 heterocycles. The van der Waals surface area contributed by atoms with Gasteiger partial charge in [0.2, 0.25) is 5.91 Å². The first-order valence-electron chi connectivity index (χ1n) is 10.8. The maximum atomic E-state index is 12.5. The molecule has 32 heavy (non-hydrogen) atoms. The van der Waals surface area contributed by atoms with E-state index in [0.29, 0.717) is 49.7 Å². The summed E-state index contributed by atoms with van der Waals surface area (Å²) in [5.41, 5.74) is 2.39. The molecule has 7 nitrogen and oxygen atoms in total. The number of rotatable bonds is 6. The summed E-state index contributed by atoms with van der Waals surface area (Å²) >= 11 is 6.06. The van der Waals surface area contributed by atoms with Gasteiger partial charge >= 0.3 is 5.97 Å². The van der Waals surface area contributed by atoms with Crippen molar-refractivity contribution in [2.75, 3.05) is 44.2 Å². The van der Waals surface area contributed by atoms with E-state index in [-0.39, 0.29) is 18.4 Å². The highest BCUT2D eigenvalue weighted by molar-refractivity contribution is 6.30. The minimum atomic E-state index is -0.528. The molecule has 0 saturated carbocycles. The lowest BCUT2D eigenvalue weighted by Crippen LogP contribution is -2.49. The summed E-state index contributed by atoms with van der Waals surface area (Å²) < 4.78 is 5.23. The van der Waals surface area contributed by atoms with E-state index in [4.69, 9.17) is 16.3 Å². The fourth-order valence-corrected chi connectivity index (χ4v) is 4.21. The molecule has 0 unspecified atom stereocenters. The third kappa shape index (κ3) is 5.40. The minimum absolute atomic E-state index is 0.167. The summed E-state index contributed by atoms with van der Waals surface area (Å²) in [4.78, 5) is 42.3. The molecule has 0 aliphatic carbocycles. The number of benzene rings is 2. The van der Waals surface area contributed by atoms with Crippen LogP contribution in [-0.4, -0.2) is 66.9 Å². The third-order valence-electron chi connectivity index (χ3n) is 5.87.